The summed E-state index contributed by atoms with van der Waals surface area (Å²) in [6.07, 6.45) is 0. The van der Waals surface area contributed by atoms with Gasteiger partial charge in [-0.15, -0.1) is 0 Å². The fourth-order valence-electron chi connectivity index (χ4n) is 2.03. The van der Waals surface area contributed by atoms with Gasteiger partial charge in [0.2, 0.25) is 5.82 Å². The molecule has 0 amide bonds. The maximum absolute atomic E-state index is 13.1. The predicted molar refractivity (Wildman–Crippen MR) is 79.3 cm³/mol. The highest BCUT2D eigenvalue weighted by molar-refractivity contribution is 6.33. The van der Waals surface area contributed by atoms with Gasteiger partial charge in [-0.25, -0.2) is 4.39 Å². The summed E-state index contributed by atoms with van der Waals surface area (Å²) >= 11 is 6.11. The minimum atomic E-state index is -0.304. The van der Waals surface area contributed by atoms with E-state index in [9.17, 15) is 4.39 Å². The molecule has 2 N–H and O–H groups in total. The van der Waals surface area contributed by atoms with E-state index in [2.05, 4.69) is 10.1 Å². The van der Waals surface area contributed by atoms with E-state index in [4.69, 9.17) is 21.9 Å². The fraction of sp³-hybridized carbons (Fsp3) is 0.0667. The number of rotatable bonds is 2. The normalized spacial score (nSPS) is 10.8. The van der Waals surface area contributed by atoms with Crippen LogP contribution in [0.3, 0.4) is 0 Å². The molecular weight excluding hydrogens is 293 g/mol. The van der Waals surface area contributed by atoms with Crippen molar-refractivity contribution in [3.8, 4) is 22.8 Å². The van der Waals surface area contributed by atoms with E-state index in [0.29, 0.717) is 33.6 Å². The van der Waals surface area contributed by atoms with Crippen LogP contribution in [0.25, 0.3) is 22.8 Å². The number of halogens is 2. The van der Waals surface area contributed by atoms with Gasteiger partial charge in [0.25, 0.3) is 5.89 Å². The second kappa shape index (κ2) is 5.18. The van der Waals surface area contributed by atoms with Crippen LogP contribution in [-0.2, 0) is 0 Å². The summed E-state index contributed by atoms with van der Waals surface area (Å²) in [5, 5.41) is 4.35. The Balaban J connectivity index is 2.03. The first kappa shape index (κ1) is 13.6. The van der Waals surface area contributed by atoms with E-state index in [-0.39, 0.29) is 5.82 Å². The van der Waals surface area contributed by atoms with Crippen molar-refractivity contribution in [2.24, 2.45) is 0 Å². The Morgan fingerprint density at radius 2 is 1.90 bits per heavy atom. The zero-order chi connectivity index (χ0) is 15.0. The SMILES string of the molecule is Cc1cc(F)ccc1-c1noc(-c2ccc(N)cc2Cl)n1. The molecule has 0 bridgehead atoms. The van der Waals surface area contributed by atoms with Gasteiger partial charge in [0.05, 0.1) is 10.6 Å². The molecule has 0 radical (unpaired) electrons. The second-order valence-corrected chi connectivity index (χ2v) is 5.03. The third-order valence-corrected chi connectivity index (χ3v) is 3.39. The monoisotopic (exact) mass is 303 g/mol. The van der Waals surface area contributed by atoms with E-state index in [0.717, 1.165) is 5.56 Å². The minimum absolute atomic E-state index is 0.290. The first-order valence-corrected chi connectivity index (χ1v) is 6.58. The van der Waals surface area contributed by atoms with Gasteiger partial charge in [-0.2, -0.15) is 4.98 Å². The number of nitrogen functional groups attached to an aromatic ring is 1. The molecule has 1 heterocycles. The average molecular weight is 304 g/mol. The summed E-state index contributed by atoms with van der Waals surface area (Å²) in [5.41, 5.74) is 8.24. The van der Waals surface area contributed by atoms with Crippen LogP contribution in [-0.4, -0.2) is 10.1 Å². The predicted octanol–water partition coefficient (Wildman–Crippen LogP) is 4.09. The largest absolute Gasteiger partial charge is 0.399 e. The quantitative estimate of drug-likeness (QED) is 0.724. The zero-order valence-corrected chi connectivity index (χ0v) is 11.9. The van der Waals surface area contributed by atoms with Gasteiger partial charge < -0.3 is 10.3 Å². The van der Waals surface area contributed by atoms with Crippen molar-refractivity contribution in [3.05, 3.63) is 52.8 Å². The maximum atomic E-state index is 13.1. The molecule has 0 saturated heterocycles. The number of hydrogen-bond donors (Lipinski definition) is 1. The Morgan fingerprint density at radius 1 is 1.14 bits per heavy atom. The molecule has 1 aromatic heterocycles. The molecule has 4 nitrogen and oxygen atoms in total. The van der Waals surface area contributed by atoms with E-state index in [1.54, 1.807) is 31.2 Å². The van der Waals surface area contributed by atoms with Gasteiger partial charge in [-0.05, 0) is 48.9 Å². The van der Waals surface area contributed by atoms with Crippen molar-refractivity contribution in [1.82, 2.24) is 10.1 Å². The first-order chi connectivity index (χ1) is 10.0. The van der Waals surface area contributed by atoms with E-state index >= 15 is 0 Å². The number of aromatic nitrogens is 2. The summed E-state index contributed by atoms with van der Waals surface area (Å²) in [6, 6.07) is 9.42. The Labute approximate surface area is 125 Å². The van der Waals surface area contributed by atoms with Gasteiger partial charge in [0.15, 0.2) is 0 Å². The summed E-state index contributed by atoms with van der Waals surface area (Å²) in [4.78, 5) is 4.31. The number of nitrogens with two attached hydrogens (primary N) is 1. The van der Waals surface area contributed by atoms with Gasteiger partial charge in [-0.3, -0.25) is 0 Å². The summed E-state index contributed by atoms with van der Waals surface area (Å²) in [5.74, 6) is 0.371. The molecule has 0 saturated carbocycles. The van der Waals surface area contributed by atoms with Crippen molar-refractivity contribution in [1.29, 1.82) is 0 Å². The number of aryl methyl sites for hydroxylation is 1. The summed E-state index contributed by atoms with van der Waals surface area (Å²) < 4.78 is 18.4. The lowest BCUT2D eigenvalue weighted by molar-refractivity contribution is 0.432. The van der Waals surface area contributed by atoms with Crippen LogP contribution in [0.4, 0.5) is 10.1 Å². The third kappa shape index (κ3) is 2.60. The highest BCUT2D eigenvalue weighted by Gasteiger charge is 2.15. The van der Waals surface area contributed by atoms with Gasteiger partial charge in [0.1, 0.15) is 5.82 Å². The first-order valence-electron chi connectivity index (χ1n) is 6.20. The number of nitrogens with zero attached hydrogens (tertiary/aromatic N) is 2. The van der Waals surface area contributed by atoms with E-state index in [1.807, 2.05) is 0 Å². The average Bonchev–Trinajstić information content (AvgIpc) is 2.87. The minimum Gasteiger partial charge on any atom is -0.399 e. The van der Waals surface area contributed by atoms with Crippen LogP contribution in [0.5, 0.6) is 0 Å². The van der Waals surface area contributed by atoms with Crippen LogP contribution < -0.4 is 5.73 Å². The molecule has 2 aromatic carbocycles. The van der Waals surface area contributed by atoms with E-state index < -0.39 is 0 Å². The number of benzene rings is 2. The number of anilines is 1. The van der Waals surface area contributed by atoms with Gasteiger partial charge in [0, 0.05) is 11.3 Å². The van der Waals surface area contributed by atoms with Gasteiger partial charge in [-0.1, -0.05) is 16.8 Å². The molecule has 0 aliphatic carbocycles. The van der Waals surface area contributed by atoms with Gasteiger partial charge >= 0.3 is 0 Å². The smallest absolute Gasteiger partial charge is 0.259 e. The molecule has 21 heavy (non-hydrogen) atoms. The van der Waals surface area contributed by atoms with E-state index in [1.165, 1.54) is 12.1 Å². The lowest BCUT2D eigenvalue weighted by atomic mass is 10.1. The van der Waals surface area contributed by atoms with Crippen LogP contribution in [0.15, 0.2) is 40.9 Å². The molecule has 0 aliphatic heterocycles. The molecule has 0 spiro atoms. The Hall–Kier alpha value is -2.40. The van der Waals surface area contributed by atoms with Crippen LogP contribution in [0.1, 0.15) is 5.56 Å². The molecule has 0 aliphatic rings. The highest BCUT2D eigenvalue weighted by Crippen LogP contribution is 2.30. The van der Waals surface area contributed by atoms with Crippen molar-refractivity contribution >= 4 is 17.3 Å². The lowest BCUT2D eigenvalue weighted by Gasteiger charge is -2.00. The molecular formula is C15H11ClFN3O. The standard InChI is InChI=1S/C15H11ClFN3O/c1-8-6-9(17)2-4-11(8)14-19-15(21-20-14)12-5-3-10(18)7-13(12)16/h2-7H,18H2,1H3. The van der Waals surface area contributed by atoms with Crippen molar-refractivity contribution in [2.75, 3.05) is 5.73 Å². The zero-order valence-electron chi connectivity index (χ0n) is 11.1. The Bertz CT molecular complexity index is 750. The molecule has 3 aromatic rings. The summed E-state index contributed by atoms with van der Waals surface area (Å²) in [7, 11) is 0. The topological polar surface area (TPSA) is 64.9 Å². The molecule has 0 unspecified atom stereocenters. The highest BCUT2D eigenvalue weighted by atomic mass is 35.5. The Morgan fingerprint density at radius 3 is 2.62 bits per heavy atom. The molecule has 3 rings (SSSR count). The van der Waals surface area contributed by atoms with Crippen molar-refractivity contribution < 1.29 is 8.91 Å². The number of hydrogen-bond acceptors (Lipinski definition) is 4. The maximum Gasteiger partial charge on any atom is 0.259 e. The lowest BCUT2D eigenvalue weighted by Crippen LogP contribution is -1.88. The summed E-state index contributed by atoms with van der Waals surface area (Å²) in [6.45, 7) is 1.78. The fourth-order valence-corrected chi connectivity index (χ4v) is 2.29. The second-order valence-electron chi connectivity index (χ2n) is 4.62. The molecule has 6 heteroatoms. The molecule has 0 atom stereocenters. The van der Waals surface area contributed by atoms with Crippen molar-refractivity contribution in [2.45, 2.75) is 6.92 Å². The molecule has 106 valence electrons. The molecule has 0 fully saturated rings. The van der Waals surface area contributed by atoms with Crippen LogP contribution >= 0.6 is 11.6 Å². The Kier molecular flexibility index (Phi) is 3.35. The third-order valence-electron chi connectivity index (χ3n) is 3.08. The van der Waals surface area contributed by atoms with Crippen molar-refractivity contribution in [3.63, 3.8) is 0 Å². The van der Waals surface area contributed by atoms with Crippen LogP contribution in [0, 0.1) is 12.7 Å². The van der Waals surface area contributed by atoms with Crippen LogP contribution in [0.2, 0.25) is 5.02 Å².